The highest BCUT2D eigenvalue weighted by Crippen LogP contribution is 2.29. The molecule has 1 amide bonds. The van der Waals surface area contributed by atoms with E-state index in [1.54, 1.807) is 34.7 Å². The highest BCUT2D eigenvalue weighted by atomic mass is 32.2. The first kappa shape index (κ1) is 24.6. The number of anilines is 1. The van der Waals surface area contributed by atoms with Gasteiger partial charge >= 0.3 is 0 Å². The van der Waals surface area contributed by atoms with E-state index in [0.717, 1.165) is 26.9 Å². The molecule has 0 saturated carbocycles. The molecule has 0 unspecified atom stereocenters. The maximum atomic E-state index is 13.5. The molecule has 3 aromatic carbocycles. The van der Waals surface area contributed by atoms with E-state index in [9.17, 15) is 9.18 Å². The summed E-state index contributed by atoms with van der Waals surface area (Å²) < 4.78 is 16.0. The average molecular weight is 528 g/mol. The lowest BCUT2D eigenvalue weighted by atomic mass is 10.1. The monoisotopic (exact) mass is 527 g/mol. The predicted molar refractivity (Wildman–Crippen MR) is 147 cm³/mol. The van der Waals surface area contributed by atoms with Crippen molar-refractivity contribution in [2.24, 2.45) is 0 Å². The van der Waals surface area contributed by atoms with Crippen molar-refractivity contribution in [2.75, 3.05) is 5.32 Å². The summed E-state index contributed by atoms with van der Waals surface area (Å²) in [4.78, 5) is 12.6. The number of hydrogen-bond donors (Lipinski definition) is 1. The number of hydrogen-bond acceptors (Lipinski definition) is 6. The second-order valence-electron chi connectivity index (χ2n) is 8.19. The Morgan fingerprint density at radius 1 is 1.03 bits per heavy atom. The van der Waals surface area contributed by atoms with Gasteiger partial charge in [-0.1, -0.05) is 71.1 Å². The standard InChI is InChI=1S/C28H22FN5OS2/c1-19-7-9-20(10-8-19)18-36-28-32-31-27(37-28)30-25(35)16-13-22-17-34(24-5-3-2-4-6-24)33-26(22)21-11-14-23(29)15-12-21/h2-17H,18H2,1H3,(H,30,31,35)/b16-13+. The van der Waals surface area contributed by atoms with Crippen LogP contribution in [0.3, 0.4) is 0 Å². The molecule has 0 aliphatic carbocycles. The van der Waals surface area contributed by atoms with Gasteiger partial charge in [-0.05, 0) is 55.0 Å². The first-order chi connectivity index (χ1) is 18.0. The highest BCUT2D eigenvalue weighted by Gasteiger charge is 2.12. The Morgan fingerprint density at radius 3 is 2.54 bits per heavy atom. The Balaban J connectivity index is 1.29. The van der Waals surface area contributed by atoms with Crippen LogP contribution in [0.15, 0.2) is 95.5 Å². The molecule has 5 aromatic rings. The molecule has 6 nitrogen and oxygen atoms in total. The molecular formula is C28H22FN5OS2. The van der Waals surface area contributed by atoms with Crippen molar-refractivity contribution in [3.05, 3.63) is 114 Å². The summed E-state index contributed by atoms with van der Waals surface area (Å²) in [5, 5.41) is 16.1. The normalized spacial score (nSPS) is 11.2. The van der Waals surface area contributed by atoms with Crippen LogP contribution in [-0.2, 0) is 10.5 Å². The second kappa shape index (κ2) is 11.3. The number of aryl methyl sites for hydroxylation is 1. The molecule has 0 bridgehead atoms. The number of nitrogens with one attached hydrogen (secondary N) is 1. The van der Waals surface area contributed by atoms with E-state index in [1.165, 1.54) is 40.7 Å². The maximum Gasteiger partial charge on any atom is 0.250 e. The average Bonchev–Trinajstić information content (AvgIpc) is 3.55. The van der Waals surface area contributed by atoms with Gasteiger partial charge in [-0.15, -0.1) is 10.2 Å². The third-order valence-electron chi connectivity index (χ3n) is 5.41. The van der Waals surface area contributed by atoms with Gasteiger partial charge in [0.15, 0.2) is 4.34 Å². The van der Waals surface area contributed by atoms with Crippen molar-refractivity contribution in [3.63, 3.8) is 0 Å². The predicted octanol–water partition coefficient (Wildman–Crippen LogP) is 6.78. The third-order valence-corrected chi connectivity index (χ3v) is 7.46. The quantitative estimate of drug-likeness (QED) is 0.137. The molecule has 184 valence electrons. The van der Waals surface area contributed by atoms with Crippen molar-refractivity contribution in [1.29, 1.82) is 0 Å². The van der Waals surface area contributed by atoms with Crippen molar-refractivity contribution < 1.29 is 9.18 Å². The lowest BCUT2D eigenvalue weighted by Crippen LogP contribution is -2.07. The summed E-state index contributed by atoms with van der Waals surface area (Å²) in [7, 11) is 0. The highest BCUT2D eigenvalue weighted by molar-refractivity contribution is 8.00. The fourth-order valence-electron chi connectivity index (χ4n) is 3.51. The molecule has 1 N–H and O–H groups in total. The maximum absolute atomic E-state index is 13.5. The van der Waals surface area contributed by atoms with E-state index in [0.29, 0.717) is 10.8 Å². The van der Waals surface area contributed by atoms with Gasteiger partial charge in [0, 0.05) is 29.2 Å². The molecule has 0 aliphatic rings. The van der Waals surface area contributed by atoms with Crippen LogP contribution in [-0.4, -0.2) is 25.9 Å². The molecular weight excluding hydrogens is 505 g/mol. The summed E-state index contributed by atoms with van der Waals surface area (Å²) in [6.07, 6.45) is 4.96. The molecule has 2 aromatic heterocycles. The Labute approximate surface area is 221 Å². The summed E-state index contributed by atoms with van der Waals surface area (Å²) in [6.45, 7) is 2.06. The van der Waals surface area contributed by atoms with E-state index >= 15 is 0 Å². The van der Waals surface area contributed by atoms with Gasteiger partial charge in [-0.25, -0.2) is 9.07 Å². The number of para-hydroxylation sites is 1. The van der Waals surface area contributed by atoms with Crippen LogP contribution in [0.4, 0.5) is 9.52 Å². The van der Waals surface area contributed by atoms with Gasteiger partial charge < -0.3 is 0 Å². The third kappa shape index (κ3) is 6.38. The zero-order chi connectivity index (χ0) is 25.6. The Kier molecular flexibility index (Phi) is 7.53. The number of rotatable bonds is 8. The van der Waals surface area contributed by atoms with Crippen LogP contribution in [0.2, 0.25) is 0 Å². The van der Waals surface area contributed by atoms with Crippen LogP contribution in [0.1, 0.15) is 16.7 Å². The number of nitrogens with zero attached hydrogens (tertiary/aromatic N) is 4. The molecule has 37 heavy (non-hydrogen) atoms. The summed E-state index contributed by atoms with van der Waals surface area (Å²) in [5.74, 6) is 0.125. The summed E-state index contributed by atoms with van der Waals surface area (Å²) in [6, 6.07) is 24.1. The molecule has 0 atom stereocenters. The van der Waals surface area contributed by atoms with Crippen LogP contribution in [0.5, 0.6) is 0 Å². The van der Waals surface area contributed by atoms with Gasteiger partial charge in [-0.2, -0.15) is 5.10 Å². The first-order valence-corrected chi connectivity index (χ1v) is 13.3. The van der Waals surface area contributed by atoms with Crippen LogP contribution in [0, 0.1) is 12.7 Å². The minimum Gasteiger partial charge on any atom is -0.297 e. The van der Waals surface area contributed by atoms with Crippen LogP contribution < -0.4 is 5.32 Å². The van der Waals surface area contributed by atoms with Crippen molar-refractivity contribution in [1.82, 2.24) is 20.0 Å². The van der Waals surface area contributed by atoms with Crippen molar-refractivity contribution in [3.8, 4) is 16.9 Å². The van der Waals surface area contributed by atoms with E-state index in [2.05, 4.69) is 51.8 Å². The molecule has 5 rings (SSSR count). The number of carbonyl (C=O) groups is 1. The minimum atomic E-state index is -0.330. The number of thioether (sulfide) groups is 1. The molecule has 0 fully saturated rings. The molecule has 0 spiro atoms. The number of amides is 1. The van der Waals surface area contributed by atoms with E-state index < -0.39 is 0 Å². The summed E-state index contributed by atoms with van der Waals surface area (Å²) >= 11 is 2.91. The minimum absolute atomic E-state index is 0.323. The first-order valence-electron chi connectivity index (χ1n) is 11.5. The fourth-order valence-corrected chi connectivity index (χ4v) is 5.23. The van der Waals surface area contributed by atoms with E-state index in [4.69, 9.17) is 0 Å². The lowest BCUT2D eigenvalue weighted by molar-refractivity contribution is -0.111. The number of halogens is 1. The van der Waals surface area contributed by atoms with Gasteiger partial charge in [-0.3, -0.25) is 10.1 Å². The van der Waals surface area contributed by atoms with Gasteiger partial charge in [0.1, 0.15) is 5.82 Å². The molecule has 0 aliphatic heterocycles. The van der Waals surface area contributed by atoms with Gasteiger partial charge in [0.25, 0.3) is 0 Å². The molecule has 0 radical (unpaired) electrons. The number of aromatic nitrogens is 4. The van der Waals surface area contributed by atoms with Crippen LogP contribution in [0.25, 0.3) is 23.0 Å². The molecule has 0 saturated heterocycles. The smallest absolute Gasteiger partial charge is 0.250 e. The SMILES string of the molecule is Cc1ccc(CSc2nnc(NC(=O)/C=C/c3cn(-c4ccccc4)nc3-c3ccc(F)cc3)s2)cc1. The lowest BCUT2D eigenvalue weighted by Gasteiger charge is -2.00. The van der Waals surface area contributed by atoms with E-state index in [1.807, 2.05) is 36.5 Å². The topological polar surface area (TPSA) is 72.7 Å². The Hall–Kier alpha value is -4.08. The van der Waals surface area contributed by atoms with Crippen molar-refractivity contribution >= 4 is 40.2 Å². The van der Waals surface area contributed by atoms with Crippen molar-refractivity contribution in [2.45, 2.75) is 17.0 Å². The Morgan fingerprint density at radius 2 is 1.78 bits per heavy atom. The van der Waals surface area contributed by atoms with E-state index in [-0.39, 0.29) is 11.7 Å². The fraction of sp³-hybridized carbons (Fsp3) is 0.0714. The van der Waals surface area contributed by atoms with Gasteiger partial charge in [0.05, 0.1) is 11.4 Å². The number of carbonyl (C=O) groups excluding carboxylic acids is 1. The van der Waals surface area contributed by atoms with Crippen LogP contribution >= 0.6 is 23.1 Å². The molecule has 2 heterocycles. The largest absolute Gasteiger partial charge is 0.297 e. The Bertz CT molecular complexity index is 1530. The van der Waals surface area contributed by atoms with Gasteiger partial charge in [0.2, 0.25) is 11.0 Å². The zero-order valence-corrected chi connectivity index (χ0v) is 21.5. The summed E-state index contributed by atoms with van der Waals surface area (Å²) in [5.41, 5.74) is 5.40. The number of benzene rings is 3. The zero-order valence-electron chi connectivity index (χ0n) is 19.8. The second-order valence-corrected chi connectivity index (χ2v) is 10.4. The molecule has 9 heteroatoms.